The number of rotatable bonds is 2. The number of nitrogens with zero attached hydrogens (tertiary/aromatic N) is 4. The maximum atomic E-state index is 12.9. The quantitative estimate of drug-likeness (QED) is 0.857. The molecular weight excluding hydrogens is 288 g/mol. The standard InChI is InChI=1S/C18H22N4O/c23-18(14-8-3-1-4-9-14)21-13-7-10-15(21)17-20-19-16-11-5-2-6-12-22(16)17/h1,3-4,8-9,15H,2,5-7,10-13H2. The molecule has 2 aliphatic heterocycles. The topological polar surface area (TPSA) is 51.0 Å². The van der Waals surface area contributed by atoms with Crippen molar-refractivity contribution in [1.29, 1.82) is 0 Å². The van der Waals surface area contributed by atoms with Gasteiger partial charge in [0.05, 0.1) is 6.04 Å². The highest BCUT2D eigenvalue weighted by molar-refractivity contribution is 5.94. The van der Waals surface area contributed by atoms with Gasteiger partial charge in [-0.15, -0.1) is 10.2 Å². The molecule has 1 unspecified atom stereocenters. The summed E-state index contributed by atoms with van der Waals surface area (Å²) in [6, 6.07) is 9.63. The van der Waals surface area contributed by atoms with E-state index in [9.17, 15) is 4.79 Å². The molecule has 2 aliphatic rings. The van der Waals surface area contributed by atoms with E-state index in [0.29, 0.717) is 0 Å². The summed E-state index contributed by atoms with van der Waals surface area (Å²) in [7, 11) is 0. The minimum Gasteiger partial charge on any atom is -0.328 e. The Hall–Kier alpha value is -2.17. The molecule has 0 saturated carbocycles. The molecule has 3 heterocycles. The molecular formula is C18H22N4O. The number of aryl methyl sites for hydroxylation is 1. The van der Waals surface area contributed by atoms with E-state index in [2.05, 4.69) is 14.8 Å². The van der Waals surface area contributed by atoms with Crippen molar-refractivity contribution in [2.75, 3.05) is 6.54 Å². The first-order valence-corrected chi connectivity index (χ1v) is 8.62. The Morgan fingerprint density at radius 2 is 1.87 bits per heavy atom. The van der Waals surface area contributed by atoms with Gasteiger partial charge < -0.3 is 9.47 Å². The van der Waals surface area contributed by atoms with Gasteiger partial charge in [-0.1, -0.05) is 24.6 Å². The number of aromatic nitrogens is 3. The van der Waals surface area contributed by atoms with E-state index >= 15 is 0 Å². The molecule has 1 fully saturated rings. The van der Waals surface area contributed by atoms with Crippen molar-refractivity contribution < 1.29 is 4.79 Å². The normalized spacial score (nSPS) is 21.0. The lowest BCUT2D eigenvalue weighted by Gasteiger charge is -2.24. The monoisotopic (exact) mass is 310 g/mol. The van der Waals surface area contributed by atoms with Gasteiger partial charge >= 0.3 is 0 Å². The second-order valence-electron chi connectivity index (χ2n) is 6.46. The average Bonchev–Trinajstić information content (AvgIpc) is 3.16. The molecule has 1 atom stereocenters. The summed E-state index contributed by atoms with van der Waals surface area (Å²) >= 11 is 0. The van der Waals surface area contributed by atoms with E-state index in [-0.39, 0.29) is 11.9 Å². The van der Waals surface area contributed by atoms with E-state index in [1.165, 1.54) is 19.3 Å². The van der Waals surface area contributed by atoms with Gasteiger partial charge in [0.2, 0.25) is 0 Å². The van der Waals surface area contributed by atoms with Gasteiger partial charge in [-0.2, -0.15) is 0 Å². The zero-order valence-electron chi connectivity index (χ0n) is 13.3. The van der Waals surface area contributed by atoms with Gasteiger partial charge in [0.25, 0.3) is 5.91 Å². The highest BCUT2D eigenvalue weighted by Crippen LogP contribution is 2.33. The summed E-state index contributed by atoms with van der Waals surface area (Å²) in [6.07, 6.45) is 6.64. The molecule has 1 saturated heterocycles. The van der Waals surface area contributed by atoms with E-state index in [1.807, 2.05) is 35.2 Å². The second kappa shape index (κ2) is 6.14. The van der Waals surface area contributed by atoms with Gasteiger partial charge in [-0.05, 0) is 37.8 Å². The zero-order chi connectivity index (χ0) is 15.6. The summed E-state index contributed by atoms with van der Waals surface area (Å²) in [5, 5.41) is 8.87. The Kier molecular flexibility index (Phi) is 3.85. The fourth-order valence-electron chi connectivity index (χ4n) is 3.78. The molecule has 120 valence electrons. The summed E-state index contributed by atoms with van der Waals surface area (Å²) in [5.41, 5.74) is 0.759. The van der Waals surface area contributed by atoms with Gasteiger partial charge in [0.1, 0.15) is 5.82 Å². The Morgan fingerprint density at radius 1 is 1.00 bits per heavy atom. The molecule has 0 bridgehead atoms. The lowest BCUT2D eigenvalue weighted by molar-refractivity contribution is 0.0727. The van der Waals surface area contributed by atoms with Crippen molar-refractivity contribution in [3.8, 4) is 0 Å². The highest BCUT2D eigenvalue weighted by atomic mass is 16.2. The number of benzene rings is 1. The van der Waals surface area contributed by atoms with Crippen LogP contribution in [0.2, 0.25) is 0 Å². The largest absolute Gasteiger partial charge is 0.328 e. The van der Waals surface area contributed by atoms with Gasteiger partial charge in [0.15, 0.2) is 5.82 Å². The predicted molar refractivity (Wildman–Crippen MR) is 87.0 cm³/mol. The Labute approximate surface area is 136 Å². The summed E-state index contributed by atoms with van der Waals surface area (Å²) in [4.78, 5) is 14.8. The van der Waals surface area contributed by atoms with Crippen LogP contribution in [0, 0.1) is 0 Å². The van der Waals surface area contributed by atoms with Crippen LogP contribution in [0.5, 0.6) is 0 Å². The molecule has 0 spiro atoms. The molecule has 0 N–H and O–H groups in total. The first kappa shape index (κ1) is 14.4. The van der Waals surface area contributed by atoms with Crippen LogP contribution in [0.25, 0.3) is 0 Å². The average molecular weight is 310 g/mol. The van der Waals surface area contributed by atoms with Crippen molar-refractivity contribution in [1.82, 2.24) is 19.7 Å². The molecule has 1 aromatic heterocycles. The van der Waals surface area contributed by atoms with Crippen molar-refractivity contribution in [2.45, 2.75) is 51.1 Å². The SMILES string of the molecule is O=C(c1ccccc1)N1CCCC1c1nnc2n1CCCCC2. The molecule has 4 rings (SSSR count). The van der Waals surface area contributed by atoms with Gasteiger partial charge in [-0.3, -0.25) is 4.79 Å². The molecule has 1 aromatic carbocycles. The van der Waals surface area contributed by atoms with Crippen LogP contribution < -0.4 is 0 Å². The van der Waals surface area contributed by atoms with Crippen LogP contribution in [0.4, 0.5) is 0 Å². The predicted octanol–water partition coefficient (Wildman–Crippen LogP) is 2.98. The number of hydrogen-bond acceptors (Lipinski definition) is 3. The third-order valence-electron chi connectivity index (χ3n) is 4.97. The number of carbonyl (C=O) groups excluding carboxylic acids is 1. The zero-order valence-corrected chi connectivity index (χ0v) is 13.3. The smallest absolute Gasteiger partial charge is 0.254 e. The maximum absolute atomic E-state index is 12.9. The Morgan fingerprint density at radius 3 is 2.74 bits per heavy atom. The van der Waals surface area contributed by atoms with Gasteiger partial charge in [0, 0.05) is 25.1 Å². The molecule has 5 heteroatoms. The minimum absolute atomic E-state index is 0.0713. The van der Waals surface area contributed by atoms with Crippen molar-refractivity contribution in [3.63, 3.8) is 0 Å². The first-order valence-electron chi connectivity index (χ1n) is 8.62. The maximum Gasteiger partial charge on any atom is 0.254 e. The molecule has 2 aromatic rings. The van der Waals surface area contributed by atoms with E-state index < -0.39 is 0 Å². The van der Waals surface area contributed by atoms with Crippen molar-refractivity contribution in [2.24, 2.45) is 0 Å². The first-order chi connectivity index (χ1) is 11.3. The number of likely N-dealkylation sites (tertiary alicyclic amines) is 1. The van der Waals surface area contributed by atoms with Crippen LogP contribution >= 0.6 is 0 Å². The summed E-state index contributed by atoms with van der Waals surface area (Å²) in [6.45, 7) is 1.79. The van der Waals surface area contributed by atoms with Gasteiger partial charge in [-0.25, -0.2) is 0 Å². The molecule has 0 radical (unpaired) electrons. The van der Waals surface area contributed by atoms with Crippen LogP contribution in [0.1, 0.15) is 60.2 Å². The third-order valence-corrected chi connectivity index (χ3v) is 4.97. The fourth-order valence-corrected chi connectivity index (χ4v) is 3.78. The van der Waals surface area contributed by atoms with E-state index in [1.54, 1.807) is 0 Å². The van der Waals surface area contributed by atoms with E-state index in [4.69, 9.17) is 0 Å². The Balaban J connectivity index is 1.64. The van der Waals surface area contributed by atoms with E-state index in [0.717, 1.165) is 49.6 Å². The van der Waals surface area contributed by atoms with Crippen molar-refractivity contribution in [3.05, 3.63) is 47.5 Å². The van der Waals surface area contributed by atoms with Crippen molar-refractivity contribution >= 4 is 5.91 Å². The lowest BCUT2D eigenvalue weighted by Crippen LogP contribution is -2.32. The fraction of sp³-hybridized carbons (Fsp3) is 0.500. The molecule has 0 aliphatic carbocycles. The van der Waals surface area contributed by atoms with Crippen LogP contribution in [0.3, 0.4) is 0 Å². The molecule has 1 amide bonds. The molecule has 5 nitrogen and oxygen atoms in total. The number of hydrogen-bond donors (Lipinski definition) is 0. The third kappa shape index (κ3) is 2.64. The Bertz CT molecular complexity index is 694. The second-order valence-corrected chi connectivity index (χ2v) is 6.46. The minimum atomic E-state index is 0.0713. The number of fused-ring (bicyclic) bond motifs is 1. The summed E-state index contributed by atoms with van der Waals surface area (Å²) < 4.78 is 2.27. The van der Waals surface area contributed by atoms with Crippen LogP contribution in [-0.2, 0) is 13.0 Å². The van der Waals surface area contributed by atoms with Crippen LogP contribution in [-0.4, -0.2) is 32.1 Å². The highest BCUT2D eigenvalue weighted by Gasteiger charge is 2.34. The number of carbonyl (C=O) groups is 1. The summed E-state index contributed by atoms with van der Waals surface area (Å²) in [5.74, 6) is 2.19. The van der Waals surface area contributed by atoms with Crippen LogP contribution in [0.15, 0.2) is 30.3 Å². The molecule has 23 heavy (non-hydrogen) atoms. The lowest BCUT2D eigenvalue weighted by atomic mass is 10.1. The number of amides is 1.